The van der Waals surface area contributed by atoms with Crippen molar-refractivity contribution in [1.29, 1.82) is 0 Å². The number of benzene rings is 8. The van der Waals surface area contributed by atoms with Crippen LogP contribution in [0.2, 0.25) is 0 Å². The van der Waals surface area contributed by atoms with Gasteiger partial charge in [-0.3, -0.25) is 0 Å². The SMILES string of the molecule is Cc1ccc(-c2ccc(-c3nc(-c4ccccc4)nc(-c4ccccc4)n3)c3c2[nH]c2ccccc23)cc1-c1cc2c(cc1Oc1ccccc1)C(C)(C)c1ccccc1-2. The molecule has 10 aromatic rings. The van der Waals surface area contributed by atoms with Crippen molar-refractivity contribution in [2.75, 3.05) is 0 Å². The first-order valence-electron chi connectivity index (χ1n) is 20.4. The molecule has 0 bridgehead atoms. The molecule has 0 saturated carbocycles. The first-order chi connectivity index (χ1) is 29.4. The second-order valence-electron chi connectivity index (χ2n) is 16.1. The molecule has 5 nitrogen and oxygen atoms in total. The predicted molar refractivity (Wildman–Crippen MR) is 245 cm³/mol. The molecule has 1 N–H and O–H groups in total. The molecule has 1 aliphatic rings. The van der Waals surface area contributed by atoms with E-state index >= 15 is 0 Å². The van der Waals surface area contributed by atoms with E-state index in [-0.39, 0.29) is 5.41 Å². The lowest BCUT2D eigenvalue weighted by atomic mass is 9.81. The molecule has 0 fully saturated rings. The highest BCUT2D eigenvalue weighted by atomic mass is 16.5. The maximum Gasteiger partial charge on any atom is 0.164 e. The van der Waals surface area contributed by atoms with Crippen molar-refractivity contribution in [3.8, 4) is 79.0 Å². The van der Waals surface area contributed by atoms with Crippen LogP contribution in [0, 0.1) is 6.92 Å². The lowest BCUT2D eigenvalue weighted by Crippen LogP contribution is -2.15. The molecule has 1 aliphatic carbocycles. The number of hydrogen-bond donors (Lipinski definition) is 1. The summed E-state index contributed by atoms with van der Waals surface area (Å²) in [6, 6.07) is 63.4. The molecule has 0 amide bonds. The van der Waals surface area contributed by atoms with E-state index in [9.17, 15) is 0 Å². The number of aromatic nitrogens is 4. The summed E-state index contributed by atoms with van der Waals surface area (Å²) >= 11 is 0. The van der Waals surface area contributed by atoms with E-state index < -0.39 is 0 Å². The summed E-state index contributed by atoms with van der Waals surface area (Å²) in [7, 11) is 0. The number of para-hydroxylation sites is 2. The van der Waals surface area contributed by atoms with Crippen molar-refractivity contribution >= 4 is 21.8 Å². The Bertz CT molecular complexity index is 3200. The van der Waals surface area contributed by atoms with Crippen LogP contribution >= 0.6 is 0 Å². The molecule has 0 saturated heterocycles. The zero-order chi connectivity index (χ0) is 40.4. The van der Waals surface area contributed by atoms with Crippen LogP contribution in [-0.2, 0) is 5.41 Å². The van der Waals surface area contributed by atoms with Crippen molar-refractivity contribution in [2.45, 2.75) is 26.2 Å². The van der Waals surface area contributed by atoms with Gasteiger partial charge in [-0.25, -0.2) is 15.0 Å². The van der Waals surface area contributed by atoms with E-state index in [1.54, 1.807) is 0 Å². The van der Waals surface area contributed by atoms with Crippen molar-refractivity contribution < 1.29 is 4.74 Å². The van der Waals surface area contributed by atoms with E-state index in [0.29, 0.717) is 17.5 Å². The molecule has 11 rings (SSSR count). The van der Waals surface area contributed by atoms with Gasteiger partial charge in [-0.1, -0.05) is 153 Å². The summed E-state index contributed by atoms with van der Waals surface area (Å²) in [5.74, 6) is 3.53. The molecule has 2 aromatic heterocycles. The summed E-state index contributed by atoms with van der Waals surface area (Å²) in [4.78, 5) is 19.1. The van der Waals surface area contributed by atoms with Crippen LogP contribution in [0.3, 0.4) is 0 Å². The summed E-state index contributed by atoms with van der Waals surface area (Å²) in [6.45, 7) is 6.81. The third-order valence-corrected chi connectivity index (χ3v) is 12.1. The van der Waals surface area contributed by atoms with Crippen LogP contribution in [-0.4, -0.2) is 19.9 Å². The van der Waals surface area contributed by atoms with Gasteiger partial charge < -0.3 is 9.72 Å². The third-order valence-electron chi connectivity index (χ3n) is 12.1. The van der Waals surface area contributed by atoms with E-state index in [4.69, 9.17) is 19.7 Å². The molecule has 0 unspecified atom stereocenters. The van der Waals surface area contributed by atoms with E-state index in [0.717, 1.165) is 72.2 Å². The number of H-pyrrole nitrogens is 1. The van der Waals surface area contributed by atoms with E-state index in [1.807, 2.05) is 91.0 Å². The van der Waals surface area contributed by atoms with Gasteiger partial charge in [0.05, 0.1) is 5.52 Å². The molecule has 0 spiro atoms. The summed E-state index contributed by atoms with van der Waals surface area (Å²) < 4.78 is 6.81. The third kappa shape index (κ3) is 5.89. The smallest absolute Gasteiger partial charge is 0.164 e. The van der Waals surface area contributed by atoms with E-state index in [1.165, 1.54) is 27.8 Å². The highest BCUT2D eigenvalue weighted by molar-refractivity contribution is 6.17. The molecule has 2 heterocycles. The predicted octanol–water partition coefficient (Wildman–Crippen LogP) is 14.2. The number of aryl methyl sites for hydroxylation is 1. The largest absolute Gasteiger partial charge is 0.457 e. The van der Waals surface area contributed by atoms with Crippen molar-refractivity contribution in [1.82, 2.24) is 19.9 Å². The Morgan fingerprint density at radius 3 is 1.80 bits per heavy atom. The fourth-order valence-corrected chi connectivity index (χ4v) is 9.03. The Morgan fingerprint density at radius 2 is 1.07 bits per heavy atom. The monoisotopic (exact) mass is 772 g/mol. The fourth-order valence-electron chi connectivity index (χ4n) is 9.03. The van der Waals surface area contributed by atoms with Gasteiger partial charge in [0.25, 0.3) is 0 Å². The van der Waals surface area contributed by atoms with Gasteiger partial charge in [-0.2, -0.15) is 0 Å². The molecule has 0 radical (unpaired) electrons. The number of ether oxygens (including phenoxy) is 1. The molecule has 8 aromatic carbocycles. The average molecular weight is 773 g/mol. The zero-order valence-electron chi connectivity index (χ0n) is 33.6. The van der Waals surface area contributed by atoms with Crippen LogP contribution < -0.4 is 4.74 Å². The number of nitrogens with one attached hydrogen (secondary N) is 1. The van der Waals surface area contributed by atoms with Crippen LogP contribution in [0.1, 0.15) is 30.5 Å². The minimum Gasteiger partial charge on any atom is -0.457 e. The molecule has 60 heavy (non-hydrogen) atoms. The quantitative estimate of drug-likeness (QED) is 0.175. The molecule has 5 heteroatoms. The normalized spacial score (nSPS) is 12.7. The topological polar surface area (TPSA) is 63.7 Å². The highest BCUT2D eigenvalue weighted by Gasteiger charge is 2.36. The summed E-state index contributed by atoms with van der Waals surface area (Å²) in [5.41, 5.74) is 15.4. The van der Waals surface area contributed by atoms with Gasteiger partial charge >= 0.3 is 0 Å². The number of rotatable bonds is 7. The van der Waals surface area contributed by atoms with Gasteiger partial charge in [0.2, 0.25) is 0 Å². The first-order valence-corrected chi connectivity index (χ1v) is 20.4. The molecule has 0 atom stereocenters. The van der Waals surface area contributed by atoms with Crippen LogP contribution in [0.25, 0.3) is 89.4 Å². The Kier molecular flexibility index (Phi) is 8.31. The van der Waals surface area contributed by atoms with Crippen LogP contribution in [0.5, 0.6) is 11.5 Å². The Labute approximate surface area is 349 Å². The number of fused-ring (bicyclic) bond motifs is 6. The van der Waals surface area contributed by atoms with Gasteiger partial charge in [-0.15, -0.1) is 0 Å². The van der Waals surface area contributed by atoms with Crippen molar-refractivity contribution in [2.24, 2.45) is 0 Å². The number of aromatic amines is 1. The summed E-state index contributed by atoms with van der Waals surface area (Å²) in [6.07, 6.45) is 0. The van der Waals surface area contributed by atoms with Gasteiger partial charge in [-0.05, 0) is 88.3 Å². The minimum absolute atomic E-state index is 0.165. The Balaban J connectivity index is 1.11. The Morgan fingerprint density at radius 1 is 0.450 bits per heavy atom. The number of nitrogens with zero attached hydrogens (tertiary/aromatic N) is 3. The molecule has 0 aliphatic heterocycles. The average Bonchev–Trinajstić information content (AvgIpc) is 3.79. The molecular weight excluding hydrogens is 733 g/mol. The van der Waals surface area contributed by atoms with Crippen molar-refractivity contribution in [3.05, 3.63) is 199 Å². The molecular formula is C55H40N4O. The standard InChI is InChI=1S/C55H40N4O/c1-34-27-28-37(31-43(34)45-32-44-40-23-13-15-25-46(40)55(2,3)47(44)33-49(45)60-38-21-11-6-12-22-38)39-29-30-42(50-41-24-14-16-26-48(41)56-51(39)50)54-58-52(35-17-7-4-8-18-35)57-53(59-54)36-19-9-5-10-20-36/h4-33,56H,1-3H3. The second kappa shape index (κ2) is 14.0. The first kappa shape index (κ1) is 35.5. The Hall–Kier alpha value is -7.63. The molecule has 286 valence electrons. The second-order valence-corrected chi connectivity index (χ2v) is 16.1. The van der Waals surface area contributed by atoms with Gasteiger partial charge in [0.15, 0.2) is 17.5 Å². The lowest BCUT2D eigenvalue weighted by Gasteiger charge is -2.23. The lowest BCUT2D eigenvalue weighted by molar-refractivity contribution is 0.482. The van der Waals surface area contributed by atoms with Crippen LogP contribution in [0.15, 0.2) is 182 Å². The van der Waals surface area contributed by atoms with Gasteiger partial charge in [0.1, 0.15) is 11.5 Å². The highest BCUT2D eigenvalue weighted by Crippen LogP contribution is 2.53. The van der Waals surface area contributed by atoms with Crippen LogP contribution in [0.4, 0.5) is 0 Å². The fraction of sp³-hybridized carbons (Fsp3) is 0.0727. The zero-order valence-corrected chi connectivity index (χ0v) is 33.6. The van der Waals surface area contributed by atoms with E-state index in [2.05, 4.69) is 117 Å². The number of hydrogen-bond acceptors (Lipinski definition) is 4. The van der Waals surface area contributed by atoms with Crippen molar-refractivity contribution in [3.63, 3.8) is 0 Å². The minimum atomic E-state index is -0.165. The maximum absolute atomic E-state index is 6.81. The summed E-state index contributed by atoms with van der Waals surface area (Å²) in [5, 5.41) is 2.18. The maximum atomic E-state index is 6.81. The van der Waals surface area contributed by atoms with Gasteiger partial charge in [0, 0.05) is 49.5 Å².